The molecule has 1 aromatic carbocycles. The molecular formula is C16H14F3NO6. The van der Waals surface area contributed by atoms with Gasteiger partial charge in [0.25, 0.3) is 5.91 Å². The van der Waals surface area contributed by atoms with Gasteiger partial charge >= 0.3 is 18.4 Å². The summed E-state index contributed by atoms with van der Waals surface area (Å²) in [5.41, 5.74) is -1.31. The van der Waals surface area contributed by atoms with Crippen LogP contribution in [0.1, 0.15) is 19.4 Å². The number of carbonyl (C=O) groups is 3. The second-order valence-electron chi connectivity index (χ2n) is 4.84. The average molecular weight is 373 g/mol. The number of hydrogen-bond acceptors (Lipinski definition) is 6. The Balaban J connectivity index is 2.64. The predicted molar refractivity (Wildman–Crippen MR) is 82.0 cm³/mol. The van der Waals surface area contributed by atoms with Gasteiger partial charge in [0.05, 0.1) is 24.5 Å². The van der Waals surface area contributed by atoms with E-state index in [9.17, 15) is 27.6 Å². The third kappa shape index (κ3) is 3.63. The van der Waals surface area contributed by atoms with E-state index < -0.39 is 35.7 Å². The lowest BCUT2D eigenvalue weighted by molar-refractivity contribution is -0.127. The van der Waals surface area contributed by atoms with Gasteiger partial charge in [-0.2, -0.15) is 13.2 Å². The van der Waals surface area contributed by atoms with Crippen LogP contribution in [-0.4, -0.2) is 37.5 Å². The molecular weight excluding hydrogens is 359 g/mol. The molecule has 0 radical (unpaired) electrons. The van der Waals surface area contributed by atoms with E-state index in [0.717, 1.165) is 0 Å². The van der Waals surface area contributed by atoms with Gasteiger partial charge in [0.2, 0.25) is 5.76 Å². The topological polar surface area (TPSA) is 82.1 Å². The van der Waals surface area contributed by atoms with E-state index in [1.807, 2.05) is 0 Å². The number of alkyl halides is 3. The number of imide groups is 1. The summed E-state index contributed by atoms with van der Waals surface area (Å²) in [6.45, 7) is 2.54. The lowest BCUT2D eigenvalue weighted by Crippen LogP contribution is -2.35. The van der Waals surface area contributed by atoms with E-state index in [0.29, 0.717) is 4.90 Å². The van der Waals surface area contributed by atoms with Gasteiger partial charge < -0.3 is 14.2 Å². The molecule has 140 valence electrons. The van der Waals surface area contributed by atoms with Gasteiger partial charge in [0.15, 0.2) is 0 Å². The Labute approximate surface area is 145 Å². The Morgan fingerprint density at radius 1 is 1.08 bits per heavy atom. The zero-order valence-corrected chi connectivity index (χ0v) is 13.8. The predicted octanol–water partition coefficient (Wildman–Crippen LogP) is 3.64. The van der Waals surface area contributed by atoms with Gasteiger partial charge in [0.1, 0.15) is 0 Å². The maximum Gasteiger partial charge on any atom is 0.513 e. The van der Waals surface area contributed by atoms with Crippen molar-refractivity contribution in [2.75, 3.05) is 18.1 Å². The number of fused-ring (bicyclic) bond motifs is 1. The Hall–Kier alpha value is -3.04. The molecule has 0 saturated carbocycles. The third-order valence-corrected chi connectivity index (χ3v) is 3.21. The van der Waals surface area contributed by atoms with Crippen molar-refractivity contribution in [3.8, 4) is 0 Å². The molecule has 0 N–H and O–H groups in total. The zero-order valence-electron chi connectivity index (χ0n) is 13.8. The molecule has 1 aromatic rings. The van der Waals surface area contributed by atoms with Crippen molar-refractivity contribution in [1.29, 1.82) is 0 Å². The van der Waals surface area contributed by atoms with E-state index in [4.69, 9.17) is 4.74 Å². The molecule has 26 heavy (non-hydrogen) atoms. The Bertz CT molecular complexity index is 771. The van der Waals surface area contributed by atoms with Gasteiger partial charge in [0, 0.05) is 5.56 Å². The second kappa shape index (κ2) is 7.46. The Kier molecular flexibility index (Phi) is 5.53. The highest BCUT2D eigenvalue weighted by Crippen LogP contribution is 2.43. The smallest absolute Gasteiger partial charge is 0.449 e. The van der Waals surface area contributed by atoms with Crippen LogP contribution in [0.15, 0.2) is 30.0 Å². The van der Waals surface area contributed by atoms with Crippen LogP contribution in [0.2, 0.25) is 0 Å². The molecule has 0 aliphatic carbocycles. The molecule has 1 aliphatic heterocycles. The third-order valence-electron chi connectivity index (χ3n) is 3.21. The summed E-state index contributed by atoms with van der Waals surface area (Å²) in [5, 5.41) is 0. The van der Waals surface area contributed by atoms with E-state index in [1.165, 1.54) is 38.1 Å². The van der Waals surface area contributed by atoms with Crippen LogP contribution >= 0.6 is 0 Å². The van der Waals surface area contributed by atoms with Crippen LogP contribution in [0.25, 0.3) is 5.57 Å². The second-order valence-corrected chi connectivity index (χ2v) is 4.84. The maximum atomic E-state index is 13.4. The summed E-state index contributed by atoms with van der Waals surface area (Å²) in [6, 6.07) is 5.28. The lowest BCUT2D eigenvalue weighted by atomic mass is 10.1. The number of ether oxygens (including phenoxy) is 3. The minimum atomic E-state index is -5.18. The molecule has 0 atom stereocenters. The number of allylic oxidation sites excluding steroid dienone is 1. The first-order valence-electron chi connectivity index (χ1n) is 7.49. The van der Waals surface area contributed by atoms with Crippen LogP contribution < -0.4 is 4.90 Å². The molecule has 2 rings (SSSR count). The van der Waals surface area contributed by atoms with Gasteiger partial charge in [-0.1, -0.05) is 18.2 Å². The fourth-order valence-electron chi connectivity index (χ4n) is 2.29. The summed E-state index contributed by atoms with van der Waals surface area (Å²) in [7, 11) is 0. The van der Waals surface area contributed by atoms with Crippen LogP contribution in [0, 0.1) is 0 Å². The molecule has 0 spiro atoms. The number of halogens is 3. The first-order chi connectivity index (χ1) is 12.2. The quantitative estimate of drug-likeness (QED) is 0.457. The van der Waals surface area contributed by atoms with E-state index in [-0.39, 0.29) is 24.5 Å². The van der Waals surface area contributed by atoms with Crippen molar-refractivity contribution in [3.05, 3.63) is 35.6 Å². The van der Waals surface area contributed by atoms with Gasteiger partial charge in [-0.15, -0.1) is 0 Å². The number of para-hydroxylation sites is 1. The van der Waals surface area contributed by atoms with Crippen LogP contribution in [0.3, 0.4) is 0 Å². The Morgan fingerprint density at radius 3 is 2.27 bits per heavy atom. The van der Waals surface area contributed by atoms with Crippen LogP contribution in [0.4, 0.5) is 28.4 Å². The number of benzene rings is 1. The monoisotopic (exact) mass is 373 g/mol. The minimum absolute atomic E-state index is 0.0880. The van der Waals surface area contributed by atoms with Crippen molar-refractivity contribution in [2.45, 2.75) is 20.0 Å². The molecule has 2 amide bonds. The molecule has 0 aromatic heterocycles. The molecule has 1 aliphatic rings. The largest absolute Gasteiger partial charge is 0.513 e. The van der Waals surface area contributed by atoms with Crippen molar-refractivity contribution in [3.63, 3.8) is 0 Å². The van der Waals surface area contributed by atoms with Gasteiger partial charge in [-0.3, -0.25) is 4.79 Å². The van der Waals surface area contributed by atoms with Crippen molar-refractivity contribution < 1.29 is 41.8 Å². The summed E-state index contributed by atoms with van der Waals surface area (Å²) in [5.74, 6) is -3.18. The number of anilines is 1. The standard InChI is InChI=1S/C16H14F3NO6/c1-3-24-14(22)20-10-8-6-5-7-9(10)11(13(20)21)12(16(17,18)19)26-15(23)25-4-2/h5-8H,3-4H2,1-2H3/b12-11-. The fraction of sp³-hybridized carbons (Fsp3) is 0.312. The van der Waals surface area contributed by atoms with Gasteiger partial charge in [-0.25, -0.2) is 14.5 Å². The molecule has 0 bridgehead atoms. The molecule has 0 fully saturated rings. The Morgan fingerprint density at radius 2 is 1.69 bits per heavy atom. The highest BCUT2D eigenvalue weighted by Gasteiger charge is 2.48. The van der Waals surface area contributed by atoms with Crippen molar-refractivity contribution in [1.82, 2.24) is 0 Å². The highest BCUT2D eigenvalue weighted by atomic mass is 19.4. The first kappa shape index (κ1) is 19.3. The van der Waals surface area contributed by atoms with E-state index in [1.54, 1.807) is 0 Å². The first-order valence-corrected chi connectivity index (χ1v) is 7.49. The number of amides is 2. The van der Waals surface area contributed by atoms with Crippen molar-refractivity contribution >= 4 is 29.4 Å². The highest BCUT2D eigenvalue weighted by molar-refractivity contribution is 6.39. The molecule has 0 unspecified atom stereocenters. The van der Waals surface area contributed by atoms with E-state index in [2.05, 4.69) is 9.47 Å². The van der Waals surface area contributed by atoms with Crippen LogP contribution in [0.5, 0.6) is 0 Å². The number of carbonyl (C=O) groups excluding carboxylic acids is 3. The normalized spacial score (nSPS) is 15.4. The summed E-state index contributed by atoms with van der Waals surface area (Å²) in [6.07, 6.45) is -7.94. The lowest BCUT2D eigenvalue weighted by Gasteiger charge is -2.15. The van der Waals surface area contributed by atoms with E-state index >= 15 is 0 Å². The summed E-state index contributed by atoms with van der Waals surface area (Å²) >= 11 is 0. The average Bonchev–Trinajstić information content (AvgIpc) is 2.84. The van der Waals surface area contributed by atoms with Crippen LogP contribution in [-0.2, 0) is 19.0 Å². The summed E-state index contributed by atoms with van der Waals surface area (Å²) in [4.78, 5) is 36.4. The number of hydrogen-bond donors (Lipinski definition) is 0. The zero-order chi connectivity index (χ0) is 19.5. The fourth-order valence-corrected chi connectivity index (χ4v) is 2.29. The van der Waals surface area contributed by atoms with Gasteiger partial charge in [-0.05, 0) is 19.9 Å². The maximum absolute atomic E-state index is 13.4. The molecule has 10 heteroatoms. The SMILES string of the molecule is CCOC(=O)O/C(=C1\C(=O)N(C(=O)OCC)c2ccccc21)C(F)(F)F. The van der Waals surface area contributed by atoms with Crippen molar-refractivity contribution in [2.24, 2.45) is 0 Å². The molecule has 1 heterocycles. The number of rotatable bonds is 3. The molecule has 0 saturated heterocycles. The minimum Gasteiger partial charge on any atom is -0.449 e. The summed E-state index contributed by atoms with van der Waals surface area (Å²) < 4.78 is 53.6. The molecule has 7 nitrogen and oxygen atoms in total. The number of nitrogens with zero attached hydrogens (tertiary/aromatic N) is 1.